The number of nitrogens with one attached hydrogen (secondary N) is 1. The van der Waals surface area contributed by atoms with Gasteiger partial charge in [0, 0.05) is 49.1 Å². The van der Waals surface area contributed by atoms with Gasteiger partial charge in [-0.2, -0.15) is 10.1 Å². The third-order valence-electron chi connectivity index (χ3n) is 5.16. The van der Waals surface area contributed by atoms with Crippen LogP contribution >= 0.6 is 0 Å². The van der Waals surface area contributed by atoms with Crippen molar-refractivity contribution in [3.63, 3.8) is 0 Å². The normalized spacial score (nSPS) is 16.0. The van der Waals surface area contributed by atoms with E-state index in [0.29, 0.717) is 31.0 Å². The van der Waals surface area contributed by atoms with Crippen molar-refractivity contribution in [1.82, 2.24) is 30.2 Å². The van der Waals surface area contributed by atoms with Crippen molar-refractivity contribution < 1.29 is 9.32 Å². The van der Waals surface area contributed by atoms with Crippen LogP contribution in [0.5, 0.6) is 0 Å². The van der Waals surface area contributed by atoms with Gasteiger partial charge < -0.3 is 9.84 Å². The summed E-state index contributed by atoms with van der Waals surface area (Å²) < 4.78 is 7.23. The lowest BCUT2D eigenvalue weighted by atomic mass is 9.91. The lowest BCUT2D eigenvalue weighted by Crippen LogP contribution is -2.31. The van der Waals surface area contributed by atoms with E-state index in [1.165, 1.54) is 11.3 Å². The maximum atomic E-state index is 12.4. The van der Waals surface area contributed by atoms with Gasteiger partial charge in [-0.25, -0.2) is 0 Å². The Morgan fingerprint density at radius 2 is 2.32 bits per heavy atom. The summed E-state index contributed by atoms with van der Waals surface area (Å²) in [6.45, 7) is 2.01. The Labute approximate surface area is 163 Å². The number of carbonyl (C=O) groups is 1. The van der Waals surface area contributed by atoms with E-state index < -0.39 is 0 Å². The van der Waals surface area contributed by atoms with Gasteiger partial charge in [0.1, 0.15) is 0 Å². The van der Waals surface area contributed by atoms with E-state index in [0.717, 1.165) is 30.5 Å². The molecular weight excluding hydrogens is 356 g/mol. The molecule has 3 heterocycles. The third-order valence-corrected chi connectivity index (χ3v) is 5.16. The summed E-state index contributed by atoms with van der Waals surface area (Å²) in [6, 6.07) is 3.77. The number of amides is 1. The molecule has 28 heavy (non-hydrogen) atoms. The van der Waals surface area contributed by atoms with Crippen LogP contribution in [0.25, 0.3) is 11.4 Å². The molecule has 8 nitrogen and oxygen atoms in total. The van der Waals surface area contributed by atoms with Crippen LogP contribution in [0.4, 0.5) is 0 Å². The Bertz CT molecular complexity index is 962. The average molecular weight is 380 g/mol. The summed E-state index contributed by atoms with van der Waals surface area (Å²) in [7, 11) is 1.97. The molecule has 3 aromatic heterocycles. The second-order valence-electron chi connectivity index (χ2n) is 7.19. The fraction of sp³-hybridized carbons (Fsp3) is 0.450. The molecule has 1 N–H and O–H groups in total. The van der Waals surface area contributed by atoms with Crippen LogP contribution in [0, 0.1) is 6.92 Å². The van der Waals surface area contributed by atoms with Crippen LogP contribution in [0.15, 0.2) is 29.0 Å². The van der Waals surface area contributed by atoms with Gasteiger partial charge >= 0.3 is 0 Å². The lowest BCUT2D eigenvalue weighted by molar-refractivity contribution is -0.122. The van der Waals surface area contributed by atoms with E-state index in [-0.39, 0.29) is 11.9 Å². The molecule has 0 fully saturated rings. The van der Waals surface area contributed by atoms with Crippen LogP contribution in [-0.2, 0) is 24.7 Å². The molecule has 1 amide bonds. The number of nitrogens with zero attached hydrogens (tertiary/aromatic N) is 5. The smallest absolute Gasteiger partial charge is 0.226 e. The van der Waals surface area contributed by atoms with Gasteiger partial charge in [0.2, 0.25) is 17.6 Å². The summed E-state index contributed by atoms with van der Waals surface area (Å²) in [5.74, 6) is 1.11. The highest BCUT2D eigenvalue weighted by molar-refractivity contribution is 5.76. The van der Waals surface area contributed by atoms with Crippen molar-refractivity contribution in [1.29, 1.82) is 0 Å². The van der Waals surface area contributed by atoms with E-state index in [9.17, 15) is 4.79 Å². The van der Waals surface area contributed by atoms with E-state index in [4.69, 9.17) is 4.52 Å². The van der Waals surface area contributed by atoms with Crippen LogP contribution in [-0.4, -0.2) is 30.8 Å². The van der Waals surface area contributed by atoms with Crippen molar-refractivity contribution >= 4 is 5.91 Å². The molecule has 0 spiro atoms. The highest BCUT2D eigenvalue weighted by Gasteiger charge is 2.27. The first-order chi connectivity index (χ1) is 13.6. The predicted octanol–water partition coefficient (Wildman–Crippen LogP) is 2.69. The van der Waals surface area contributed by atoms with Crippen molar-refractivity contribution in [2.75, 3.05) is 0 Å². The maximum Gasteiger partial charge on any atom is 0.226 e. The van der Waals surface area contributed by atoms with Crippen LogP contribution in [0.3, 0.4) is 0 Å². The fourth-order valence-electron chi connectivity index (χ4n) is 3.87. The minimum Gasteiger partial charge on any atom is -0.349 e. The molecule has 146 valence electrons. The van der Waals surface area contributed by atoms with Crippen molar-refractivity contribution in [3.8, 4) is 11.4 Å². The molecule has 3 aromatic rings. The zero-order valence-electron chi connectivity index (χ0n) is 16.2. The number of carbonyl (C=O) groups excluding carboxylic acids is 1. The first kappa shape index (κ1) is 18.3. The molecule has 1 aliphatic carbocycles. The molecule has 0 bridgehead atoms. The second kappa shape index (κ2) is 7.92. The number of hydrogen-bond acceptors (Lipinski definition) is 6. The summed E-state index contributed by atoms with van der Waals surface area (Å²) in [5.41, 5.74) is 4.26. The van der Waals surface area contributed by atoms with Crippen molar-refractivity contribution in [3.05, 3.63) is 47.4 Å². The van der Waals surface area contributed by atoms with Crippen molar-refractivity contribution in [2.45, 2.75) is 51.5 Å². The summed E-state index contributed by atoms with van der Waals surface area (Å²) in [5, 5.41) is 11.7. The summed E-state index contributed by atoms with van der Waals surface area (Å²) >= 11 is 0. The zero-order chi connectivity index (χ0) is 19.5. The molecule has 1 unspecified atom stereocenters. The van der Waals surface area contributed by atoms with Gasteiger partial charge in [-0.15, -0.1) is 0 Å². The quantitative estimate of drug-likeness (QED) is 0.706. The molecule has 8 heteroatoms. The predicted molar refractivity (Wildman–Crippen MR) is 102 cm³/mol. The highest BCUT2D eigenvalue weighted by atomic mass is 16.5. The number of pyridine rings is 1. The number of aryl methyl sites for hydroxylation is 3. The minimum atomic E-state index is 0.0492. The Balaban J connectivity index is 1.30. The Hall–Kier alpha value is -3.03. The molecule has 0 aliphatic heterocycles. The SMILES string of the molecule is Cc1nn(C)c2c1C(NC(=O)CCCc1nc(-c3cccnc3)no1)CCC2. The molecular formula is C20H24N6O2. The number of fused-ring (bicyclic) bond motifs is 1. The Kier molecular flexibility index (Phi) is 5.18. The third kappa shape index (κ3) is 3.81. The Morgan fingerprint density at radius 1 is 1.43 bits per heavy atom. The molecule has 0 saturated heterocycles. The van der Waals surface area contributed by atoms with Gasteiger partial charge in [-0.3, -0.25) is 14.5 Å². The molecule has 4 rings (SSSR count). The summed E-state index contributed by atoms with van der Waals surface area (Å²) in [4.78, 5) is 20.9. The van der Waals surface area contributed by atoms with E-state index >= 15 is 0 Å². The highest BCUT2D eigenvalue weighted by Crippen LogP contribution is 2.31. The van der Waals surface area contributed by atoms with Gasteiger partial charge in [0.25, 0.3) is 0 Å². The number of rotatable bonds is 6. The van der Waals surface area contributed by atoms with Gasteiger partial charge in [0.15, 0.2) is 0 Å². The van der Waals surface area contributed by atoms with E-state index in [1.54, 1.807) is 12.4 Å². The largest absolute Gasteiger partial charge is 0.349 e. The zero-order valence-corrected chi connectivity index (χ0v) is 16.2. The average Bonchev–Trinajstić information content (AvgIpc) is 3.28. The van der Waals surface area contributed by atoms with Crippen LogP contribution < -0.4 is 5.32 Å². The number of aromatic nitrogens is 5. The molecule has 1 aliphatic rings. The molecule has 0 saturated carbocycles. The summed E-state index contributed by atoms with van der Waals surface area (Å²) in [6.07, 6.45) is 8.10. The fourth-order valence-corrected chi connectivity index (χ4v) is 3.87. The second-order valence-corrected chi connectivity index (χ2v) is 7.19. The monoisotopic (exact) mass is 380 g/mol. The lowest BCUT2D eigenvalue weighted by Gasteiger charge is -2.24. The van der Waals surface area contributed by atoms with Crippen LogP contribution in [0.2, 0.25) is 0 Å². The topological polar surface area (TPSA) is 98.7 Å². The minimum absolute atomic E-state index is 0.0492. The van der Waals surface area contributed by atoms with Crippen LogP contribution in [0.1, 0.15) is 54.6 Å². The van der Waals surface area contributed by atoms with Crippen molar-refractivity contribution in [2.24, 2.45) is 7.05 Å². The number of hydrogen-bond donors (Lipinski definition) is 1. The van der Waals surface area contributed by atoms with E-state index in [1.807, 2.05) is 30.8 Å². The first-order valence-electron chi connectivity index (χ1n) is 9.66. The maximum absolute atomic E-state index is 12.4. The standard InChI is InChI=1S/C20H24N6O2/c1-13-19-15(7-3-8-16(19)26(2)24-13)22-17(27)9-4-10-18-23-20(25-28-18)14-6-5-11-21-12-14/h5-6,11-12,15H,3-4,7-10H2,1-2H3,(H,22,27). The Morgan fingerprint density at radius 3 is 3.14 bits per heavy atom. The first-order valence-corrected chi connectivity index (χ1v) is 9.66. The molecule has 0 radical (unpaired) electrons. The molecule has 1 atom stereocenters. The van der Waals surface area contributed by atoms with E-state index in [2.05, 4.69) is 25.5 Å². The molecule has 0 aromatic carbocycles. The van der Waals surface area contributed by atoms with Gasteiger partial charge in [0.05, 0.1) is 11.7 Å². The van der Waals surface area contributed by atoms with Gasteiger partial charge in [-0.1, -0.05) is 5.16 Å². The van der Waals surface area contributed by atoms with Gasteiger partial charge in [-0.05, 0) is 44.7 Å².